The lowest BCUT2D eigenvalue weighted by Crippen LogP contribution is -2.61. The smallest absolute Gasteiger partial charge is 0.251 e. The Kier molecular flexibility index (Phi) is 8.88. The van der Waals surface area contributed by atoms with Gasteiger partial charge in [-0.1, -0.05) is 66.2 Å². The minimum Gasteiger partial charge on any atom is -0.493 e. The van der Waals surface area contributed by atoms with Crippen molar-refractivity contribution < 1.29 is 14.3 Å². The van der Waals surface area contributed by atoms with Gasteiger partial charge in [-0.15, -0.1) is 0 Å². The maximum atomic E-state index is 13.9. The van der Waals surface area contributed by atoms with Gasteiger partial charge in [0.1, 0.15) is 5.75 Å². The summed E-state index contributed by atoms with van der Waals surface area (Å²) in [5, 5.41) is 4.35. The highest BCUT2D eigenvalue weighted by Gasteiger charge is 2.39. The summed E-state index contributed by atoms with van der Waals surface area (Å²) >= 11 is 6.09. The molecule has 0 saturated carbocycles. The normalized spacial score (nSPS) is 18.4. The van der Waals surface area contributed by atoms with Gasteiger partial charge in [-0.25, -0.2) is 0 Å². The third kappa shape index (κ3) is 6.75. The van der Waals surface area contributed by atoms with Crippen molar-refractivity contribution in [3.63, 3.8) is 0 Å². The first kappa shape index (κ1) is 27.9. The van der Waals surface area contributed by atoms with Crippen LogP contribution >= 0.6 is 11.6 Å². The number of hydrogen-bond donors (Lipinski definition) is 1. The second-order valence-electron chi connectivity index (χ2n) is 10.7. The van der Waals surface area contributed by atoms with Crippen molar-refractivity contribution in [3.05, 3.63) is 106 Å². The minimum absolute atomic E-state index is 0.00846. The van der Waals surface area contributed by atoms with Crippen LogP contribution in [0.2, 0.25) is 5.02 Å². The Balaban J connectivity index is 1.34. The lowest BCUT2D eigenvalue weighted by molar-refractivity contribution is -0.132. The Labute approximate surface area is 241 Å². The summed E-state index contributed by atoms with van der Waals surface area (Å²) in [6.07, 6.45) is 2.24. The van der Waals surface area contributed by atoms with Crippen LogP contribution in [0.1, 0.15) is 30.0 Å². The molecule has 6 nitrogen and oxygen atoms in total. The molecule has 2 heterocycles. The second-order valence-corrected chi connectivity index (χ2v) is 11.1. The summed E-state index contributed by atoms with van der Waals surface area (Å²) < 4.78 is 6.00. The molecule has 2 atom stereocenters. The zero-order valence-electron chi connectivity index (χ0n) is 23.1. The van der Waals surface area contributed by atoms with E-state index in [0.29, 0.717) is 32.7 Å². The molecule has 2 aliphatic rings. The highest BCUT2D eigenvalue weighted by Crippen LogP contribution is 2.34. The van der Waals surface area contributed by atoms with E-state index in [1.165, 1.54) is 5.56 Å². The second kappa shape index (κ2) is 12.7. The largest absolute Gasteiger partial charge is 0.493 e. The number of nitrogens with zero attached hydrogens (tertiary/aromatic N) is 2. The molecule has 40 heavy (non-hydrogen) atoms. The summed E-state index contributed by atoms with van der Waals surface area (Å²) in [5.41, 5.74) is 5.17. The molecular formula is C33H36ClN3O3. The van der Waals surface area contributed by atoms with Gasteiger partial charge in [0.25, 0.3) is 5.91 Å². The third-order valence-electron chi connectivity index (χ3n) is 7.76. The predicted molar refractivity (Wildman–Crippen MR) is 159 cm³/mol. The lowest BCUT2D eigenvalue weighted by Gasteiger charge is -2.44. The molecule has 0 spiro atoms. The van der Waals surface area contributed by atoms with Gasteiger partial charge in [0.2, 0.25) is 5.91 Å². The van der Waals surface area contributed by atoms with Crippen LogP contribution in [0.15, 0.2) is 84.4 Å². The van der Waals surface area contributed by atoms with E-state index >= 15 is 0 Å². The number of benzene rings is 3. The number of piperazine rings is 1. The van der Waals surface area contributed by atoms with Crippen molar-refractivity contribution in [3.8, 4) is 5.75 Å². The maximum Gasteiger partial charge on any atom is 0.251 e. The number of carbonyl (C=O) groups is 2. The zero-order valence-corrected chi connectivity index (χ0v) is 23.9. The Bertz CT molecular complexity index is 1370. The van der Waals surface area contributed by atoms with Crippen molar-refractivity contribution >= 4 is 29.0 Å². The summed E-state index contributed by atoms with van der Waals surface area (Å²) in [7, 11) is 1.87. The van der Waals surface area contributed by atoms with E-state index in [-0.39, 0.29) is 23.9 Å². The summed E-state index contributed by atoms with van der Waals surface area (Å²) in [4.78, 5) is 29.9. The number of carbonyl (C=O) groups excluding carboxylic acids is 2. The van der Waals surface area contributed by atoms with E-state index in [2.05, 4.69) is 17.4 Å². The first-order valence-corrected chi connectivity index (χ1v) is 14.3. The Hall–Kier alpha value is -3.61. The first-order chi connectivity index (χ1) is 19.4. The molecule has 2 amide bonds. The lowest BCUT2D eigenvalue weighted by atomic mass is 9.83. The monoisotopic (exact) mass is 557 g/mol. The number of rotatable bonds is 9. The van der Waals surface area contributed by atoms with Crippen molar-refractivity contribution in [2.75, 3.05) is 33.3 Å². The van der Waals surface area contributed by atoms with E-state index in [9.17, 15) is 9.59 Å². The van der Waals surface area contributed by atoms with Crippen LogP contribution in [0.4, 0.5) is 0 Å². The average molecular weight is 558 g/mol. The molecule has 0 aliphatic carbocycles. The minimum atomic E-state index is -0.202. The molecule has 7 heteroatoms. The van der Waals surface area contributed by atoms with Crippen LogP contribution in [-0.2, 0) is 22.4 Å². The van der Waals surface area contributed by atoms with Gasteiger partial charge in [-0.2, -0.15) is 0 Å². The molecule has 2 bridgehead atoms. The van der Waals surface area contributed by atoms with Crippen LogP contribution < -0.4 is 10.1 Å². The molecular weight excluding hydrogens is 522 g/mol. The van der Waals surface area contributed by atoms with Crippen molar-refractivity contribution in [2.45, 2.75) is 38.3 Å². The number of ether oxygens (including phenoxy) is 1. The van der Waals surface area contributed by atoms with Gasteiger partial charge >= 0.3 is 0 Å². The molecule has 1 N–H and O–H groups in total. The summed E-state index contributed by atoms with van der Waals surface area (Å²) in [6, 6.07) is 26.0. The molecule has 1 fully saturated rings. The van der Waals surface area contributed by atoms with Crippen molar-refractivity contribution in [2.24, 2.45) is 0 Å². The van der Waals surface area contributed by atoms with Crippen molar-refractivity contribution in [1.82, 2.24) is 15.1 Å². The molecule has 1 saturated heterocycles. The molecule has 5 rings (SSSR count). The fraction of sp³-hybridized carbons (Fsp3) is 0.333. The number of nitrogens with one attached hydrogen (secondary N) is 1. The SMILES string of the molecule is CC(=O)N1C[C@H]2CC(c3ccc(OCCc4cccc(Cl)c4)cc3)=C(C(=O)N(C)CCc3ccccc3)[C@@H](C1)N2. The highest BCUT2D eigenvalue weighted by molar-refractivity contribution is 6.30. The van der Waals surface area contributed by atoms with Gasteiger partial charge in [-0.05, 0) is 59.4 Å². The number of fused-ring (bicyclic) bond motifs is 2. The van der Waals surface area contributed by atoms with Gasteiger partial charge < -0.3 is 19.9 Å². The first-order valence-electron chi connectivity index (χ1n) is 13.9. The van der Waals surface area contributed by atoms with E-state index in [1.54, 1.807) is 6.92 Å². The van der Waals surface area contributed by atoms with Gasteiger partial charge in [0.15, 0.2) is 0 Å². The standard InChI is InChI=1S/C33H36ClN3O3/c1-23(38)37-21-28-20-30(26-11-13-29(14-12-26)40-18-16-25-9-6-10-27(34)19-25)32(31(22-37)35-28)33(39)36(2)17-15-24-7-4-3-5-8-24/h3-14,19,28,31,35H,15-18,20-22H2,1-2H3/t28-,31-/m1/s1. The van der Waals surface area contributed by atoms with E-state index in [0.717, 1.165) is 45.9 Å². The van der Waals surface area contributed by atoms with E-state index in [1.807, 2.05) is 83.6 Å². The Morgan fingerprint density at radius 1 is 0.975 bits per heavy atom. The number of likely N-dealkylation sites (N-methyl/N-ethyl adjacent to an activating group) is 1. The zero-order chi connectivity index (χ0) is 28.1. The van der Waals surface area contributed by atoms with E-state index < -0.39 is 0 Å². The quantitative estimate of drug-likeness (QED) is 0.402. The molecule has 2 aliphatic heterocycles. The van der Waals surface area contributed by atoms with Crippen LogP contribution in [0.5, 0.6) is 5.75 Å². The average Bonchev–Trinajstić information content (AvgIpc) is 2.96. The van der Waals surface area contributed by atoms with E-state index in [4.69, 9.17) is 16.3 Å². The predicted octanol–water partition coefficient (Wildman–Crippen LogP) is 5.01. The Morgan fingerprint density at radius 3 is 2.45 bits per heavy atom. The third-order valence-corrected chi connectivity index (χ3v) is 7.99. The fourth-order valence-corrected chi connectivity index (χ4v) is 5.82. The number of hydrogen-bond acceptors (Lipinski definition) is 4. The molecule has 3 aromatic rings. The van der Waals surface area contributed by atoms with Crippen LogP contribution in [-0.4, -0.2) is 67.0 Å². The van der Waals surface area contributed by atoms with Crippen LogP contribution in [0.3, 0.4) is 0 Å². The van der Waals surface area contributed by atoms with Gasteiger partial charge in [0.05, 0.1) is 12.6 Å². The highest BCUT2D eigenvalue weighted by atomic mass is 35.5. The molecule has 3 aromatic carbocycles. The number of amides is 2. The molecule has 0 aromatic heterocycles. The summed E-state index contributed by atoms with van der Waals surface area (Å²) in [6.45, 7) is 3.90. The fourth-order valence-electron chi connectivity index (χ4n) is 5.60. The van der Waals surface area contributed by atoms with Crippen LogP contribution in [0.25, 0.3) is 5.57 Å². The maximum absolute atomic E-state index is 13.9. The van der Waals surface area contributed by atoms with Gasteiger partial charge in [0, 0.05) is 56.7 Å². The summed E-state index contributed by atoms with van der Waals surface area (Å²) in [5.74, 6) is 0.841. The molecule has 0 unspecified atom stereocenters. The van der Waals surface area contributed by atoms with Crippen molar-refractivity contribution in [1.29, 1.82) is 0 Å². The number of halogens is 1. The topological polar surface area (TPSA) is 61.9 Å². The molecule has 208 valence electrons. The van der Waals surface area contributed by atoms with Crippen LogP contribution in [0, 0.1) is 0 Å². The Morgan fingerprint density at radius 2 is 1.73 bits per heavy atom. The van der Waals surface area contributed by atoms with Gasteiger partial charge in [-0.3, -0.25) is 9.59 Å². The molecule has 0 radical (unpaired) electrons.